The van der Waals surface area contributed by atoms with Crippen LogP contribution in [0.4, 0.5) is 4.79 Å². The maximum absolute atomic E-state index is 13.5. The van der Waals surface area contributed by atoms with Gasteiger partial charge in [0.1, 0.15) is 0 Å². The highest BCUT2D eigenvalue weighted by molar-refractivity contribution is 7.79. The Morgan fingerprint density at radius 3 is 2.06 bits per heavy atom. The third kappa shape index (κ3) is 7.79. The third-order valence-corrected chi connectivity index (χ3v) is 5.72. The van der Waals surface area contributed by atoms with E-state index in [1.54, 1.807) is 33.1 Å². The van der Waals surface area contributed by atoms with E-state index in [2.05, 4.69) is 12.6 Å². The van der Waals surface area contributed by atoms with Crippen LogP contribution in [0.5, 0.6) is 0 Å². The van der Waals surface area contributed by atoms with Crippen molar-refractivity contribution in [2.75, 3.05) is 39.0 Å². The van der Waals surface area contributed by atoms with E-state index in [1.165, 1.54) is 0 Å². The molecule has 0 aliphatic carbocycles. The lowest BCUT2D eigenvalue weighted by Gasteiger charge is -2.42. The molecule has 1 heterocycles. The summed E-state index contributed by atoms with van der Waals surface area (Å²) < 4.78 is 0. The average molecular weight is 513 g/mol. The van der Waals surface area contributed by atoms with Gasteiger partial charge in [-0.25, -0.2) is 4.79 Å². The third-order valence-electron chi connectivity index (χ3n) is 5.25. The molecule has 1 atom stereocenters. The molecule has 3 amide bonds. The van der Waals surface area contributed by atoms with Crippen molar-refractivity contribution in [1.29, 1.82) is 0 Å². The second kappa shape index (κ2) is 13.7. The number of aliphatic hydroxyl groups is 1. The van der Waals surface area contributed by atoms with Crippen LogP contribution in [-0.4, -0.2) is 76.8 Å². The van der Waals surface area contributed by atoms with Crippen molar-refractivity contribution in [2.45, 2.75) is 19.1 Å². The lowest BCUT2D eigenvalue weighted by Crippen LogP contribution is -2.60. The standard InChI is InChI=1S/C22H26Cl2N4O3.CH4S/c23-18-5-1-3-16(9-18)12-27(13-17-4-2-6-19(24)10-17)22(31)26-7-8-28(21(30)11-25)20(14-26)15-29;1-2/h1-6,9-10,20,29H,7-8,11-15,25H2;2H,1H3. The Hall–Kier alpha value is -1.97. The number of hydrogen-bond acceptors (Lipinski definition) is 5. The van der Waals surface area contributed by atoms with Crippen LogP contribution in [0.1, 0.15) is 11.1 Å². The van der Waals surface area contributed by atoms with Gasteiger partial charge in [-0.15, -0.1) is 0 Å². The fourth-order valence-electron chi connectivity index (χ4n) is 3.73. The van der Waals surface area contributed by atoms with Gasteiger partial charge in [0.15, 0.2) is 0 Å². The molecular weight excluding hydrogens is 483 g/mol. The van der Waals surface area contributed by atoms with Crippen molar-refractivity contribution < 1.29 is 14.7 Å². The molecule has 2 aromatic rings. The molecule has 1 fully saturated rings. The van der Waals surface area contributed by atoms with Gasteiger partial charge in [0.05, 0.1) is 19.2 Å². The number of nitrogens with two attached hydrogens (primary N) is 1. The molecule has 0 spiro atoms. The summed E-state index contributed by atoms with van der Waals surface area (Å²) >= 11 is 15.8. The molecule has 7 nitrogen and oxygen atoms in total. The fourth-order valence-corrected chi connectivity index (χ4v) is 4.16. The van der Waals surface area contributed by atoms with E-state index >= 15 is 0 Å². The first-order valence-corrected chi connectivity index (χ1v) is 12.1. The summed E-state index contributed by atoms with van der Waals surface area (Å²) in [5.41, 5.74) is 7.28. The molecule has 0 radical (unpaired) electrons. The van der Waals surface area contributed by atoms with Gasteiger partial charge in [-0.05, 0) is 41.6 Å². The van der Waals surface area contributed by atoms with Crippen LogP contribution in [0, 0.1) is 0 Å². The molecule has 0 aromatic heterocycles. The lowest BCUT2D eigenvalue weighted by atomic mass is 10.1. The van der Waals surface area contributed by atoms with Crippen LogP contribution in [0.25, 0.3) is 0 Å². The number of carbonyl (C=O) groups excluding carboxylic acids is 2. The van der Waals surface area contributed by atoms with E-state index in [-0.39, 0.29) is 31.6 Å². The van der Waals surface area contributed by atoms with Crippen LogP contribution >= 0.6 is 35.8 Å². The summed E-state index contributed by atoms with van der Waals surface area (Å²) in [7, 11) is 0. The van der Waals surface area contributed by atoms with Gasteiger partial charge in [0.25, 0.3) is 0 Å². The van der Waals surface area contributed by atoms with E-state index < -0.39 is 6.04 Å². The summed E-state index contributed by atoms with van der Waals surface area (Å²) in [5.74, 6) is -0.235. The largest absolute Gasteiger partial charge is 0.394 e. The number of benzene rings is 2. The molecule has 1 aliphatic rings. The van der Waals surface area contributed by atoms with Gasteiger partial charge < -0.3 is 25.5 Å². The van der Waals surface area contributed by atoms with Gasteiger partial charge in [-0.3, -0.25) is 4.79 Å². The first-order chi connectivity index (χ1) is 15.9. The maximum atomic E-state index is 13.5. The van der Waals surface area contributed by atoms with Gasteiger partial charge in [0, 0.05) is 42.8 Å². The Balaban J connectivity index is 0.00000187. The first-order valence-electron chi connectivity index (χ1n) is 10.5. The van der Waals surface area contributed by atoms with Crippen molar-refractivity contribution in [2.24, 2.45) is 5.73 Å². The minimum Gasteiger partial charge on any atom is -0.394 e. The topological polar surface area (TPSA) is 90.1 Å². The number of carbonyl (C=O) groups is 2. The predicted octanol–water partition coefficient (Wildman–Crippen LogP) is 3.13. The number of urea groups is 1. The van der Waals surface area contributed by atoms with Crippen LogP contribution in [0.15, 0.2) is 48.5 Å². The lowest BCUT2D eigenvalue weighted by molar-refractivity contribution is -0.135. The Labute approximate surface area is 210 Å². The summed E-state index contributed by atoms with van der Waals surface area (Å²) in [4.78, 5) is 30.4. The minimum absolute atomic E-state index is 0.125. The maximum Gasteiger partial charge on any atom is 0.320 e. The SMILES string of the molecule is CS.NCC(=O)N1CCN(C(=O)N(Cc2cccc(Cl)c2)Cc2cccc(Cl)c2)CC1CO. The monoisotopic (exact) mass is 512 g/mol. The molecule has 10 heteroatoms. The number of thiol groups is 1. The van der Waals surface area contributed by atoms with Crippen molar-refractivity contribution in [1.82, 2.24) is 14.7 Å². The van der Waals surface area contributed by atoms with Crippen molar-refractivity contribution in [3.8, 4) is 0 Å². The number of aliphatic hydroxyl groups excluding tert-OH is 1. The predicted molar refractivity (Wildman–Crippen MR) is 136 cm³/mol. The number of halogens is 2. The van der Waals surface area contributed by atoms with Gasteiger partial charge >= 0.3 is 6.03 Å². The molecule has 0 saturated carbocycles. The van der Waals surface area contributed by atoms with Crippen molar-refractivity contribution in [3.05, 3.63) is 69.7 Å². The summed E-state index contributed by atoms with van der Waals surface area (Å²) in [5, 5.41) is 11.0. The van der Waals surface area contributed by atoms with Gasteiger partial charge in [0.2, 0.25) is 5.91 Å². The molecule has 33 heavy (non-hydrogen) atoms. The molecule has 2 aromatic carbocycles. The van der Waals surface area contributed by atoms with Crippen molar-refractivity contribution >= 4 is 47.8 Å². The molecular formula is C23H30Cl2N4O3S. The van der Waals surface area contributed by atoms with E-state index in [0.29, 0.717) is 36.2 Å². The molecule has 1 unspecified atom stereocenters. The Bertz CT molecular complexity index is 887. The smallest absolute Gasteiger partial charge is 0.320 e. The number of piperazine rings is 1. The zero-order valence-electron chi connectivity index (χ0n) is 18.5. The second-order valence-corrected chi connectivity index (χ2v) is 8.35. The first kappa shape index (κ1) is 27.3. The average Bonchev–Trinajstić information content (AvgIpc) is 2.83. The Morgan fingerprint density at radius 1 is 1.06 bits per heavy atom. The molecule has 1 aliphatic heterocycles. The molecule has 1 saturated heterocycles. The van der Waals surface area contributed by atoms with Gasteiger partial charge in [-0.2, -0.15) is 12.6 Å². The van der Waals surface area contributed by atoms with E-state index in [4.69, 9.17) is 28.9 Å². The molecule has 3 N–H and O–H groups in total. The van der Waals surface area contributed by atoms with Crippen LogP contribution < -0.4 is 5.73 Å². The highest BCUT2D eigenvalue weighted by atomic mass is 35.5. The Kier molecular flexibility index (Phi) is 11.3. The number of nitrogens with zero attached hydrogens (tertiary/aromatic N) is 3. The minimum atomic E-state index is -0.479. The fraction of sp³-hybridized carbons (Fsp3) is 0.391. The summed E-state index contributed by atoms with van der Waals surface area (Å²) in [6, 6.07) is 14.1. The number of amides is 3. The zero-order chi connectivity index (χ0) is 24.4. The van der Waals surface area contributed by atoms with E-state index in [0.717, 1.165) is 11.1 Å². The number of rotatable bonds is 6. The highest BCUT2D eigenvalue weighted by Gasteiger charge is 2.33. The van der Waals surface area contributed by atoms with Crippen LogP contribution in [0.2, 0.25) is 10.0 Å². The van der Waals surface area contributed by atoms with E-state index in [9.17, 15) is 14.7 Å². The van der Waals surface area contributed by atoms with Crippen LogP contribution in [-0.2, 0) is 17.9 Å². The summed E-state index contributed by atoms with van der Waals surface area (Å²) in [6.07, 6.45) is 1.69. The normalized spacial score (nSPS) is 15.5. The van der Waals surface area contributed by atoms with Gasteiger partial charge in [-0.1, -0.05) is 47.5 Å². The highest BCUT2D eigenvalue weighted by Crippen LogP contribution is 2.20. The molecule has 180 valence electrons. The molecule has 3 rings (SSSR count). The van der Waals surface area contributed by atoms with Crippen LogP contribution in [0.3, 0.4) is 0 Å². The number of hydrogen-bond donors (Lipinski definition) is 3. The quantitative estimate of drug-likeness (QED) is 0.518. The zero-order valence-corrected chi connectivity index (χ0v) is 20.9. The van der Waals surface area contributed by atoms with E-state index in [1.807, 2.05) is 36.4 Å². The molecule has 0 bridgehead atoms. The summed E-state index contributed by atoms with van der Waals surface area (Å²) in [6.45, 7) is 1.29. The Morgan fingerprint density at radius 2 is 1.61 bits per heavy atom. The second-order valence-electron chi connectivity index (χ2n) is 7.47. The van der Waals surface area contributed by atoms with Crippen molar-refractivity contribution in [3.63, 3.8) is 0 Å².